The number of rotatable bonds is 5. The number of benzene rings is 3. The zero-order valence-corrected chi connectivity index (χ0v) is 22.5. The molecule has 3 aromatic rings. The molecule has 4 aliphatic rings. The number of anilines is 3. The van der Waals surface area contributed by atoms with Crippen LogP contribution < -0.4 is 9.80 Å². The van der Waals surface area contributed by atoms with Gasteiger partial charge in [0, 0.05) is 18.0 Å². The van der Waals surface area contributed by atoms with Gasteiger partial charge in [0.1, 0.15) is 6.17 Å². The molecule has 0 spiro atoms. The third kappa shape index (κ3) is 2.74. The van der Waals surface area contributed by atoms with Crippen molar-refractivity contribution in [3.05, 3.63) is 71.8 Å². The third-order valence-corrected chi connectivity index (χ3v) is 10.7. The summed E-state index contributed by atoms with van der Waals surface area (Å²) in [4.78, 5) is 5.32. The van der Waals surface area contributed by atoms with E-state index in [9.17, 15) is 0 Å². The number of hydrogen-bond donors (Lipinski definition) is 0. The van der Waals surface area contributed by atoms with Gasteiger partial charge in [-0.15, -0.1) is 0 Å². The Labute approximate surface area is 217 Å². The zero-order chi connectivity index (χ0) is 24.8. The van der Waals surface area contributed by atoms with Gasteiger partial charge in [-0.25, -0.2) is 0 Å². The molecule has 0 amide bonds. The molecule has 0 saturated heterocycles. The van der Waals surface area contributed by atoms with Crippen molar-refractivity contribution in [3.8, 4) is 0 Å². The highest BCUT2D eigenvalue weighted by molar-refractivity contribution is 6.00. The van der Waals surface area contributed by atoms with Gasteiger partial charge in [-0.2, -0.15) is 0 Å². The Kier molecular flexibility index (Phi) is 4.91. The van der Waals surface area contributed by atoms with Crippen molar-refractivity contribution in [1.82, 2.24) is 0 Å². The molecule has 1 fully saturated rings. The highest BCUT2D eigenvalue weighted by Crippen LogP contribution is 2.64. The van der Waals surface area contributed by atoms with Crippen LogP contribution in [0.1, 0.15) is 94.2 Å². The molecule has 36 heavy (non-hydrogen) atoms. The fourth-order valence-corrected chi connectivity index (χ4v) is 8.76. The van der Waals surface area contributed by atoms with Crippen molar-refractivity contribution >= 4 is 33.4 Å². The monoisotopic (exact) mass is 476 g/mol. The van der Waals surface area contributed by atoms with Crippen molar-refractivity contribution in [3.63, 3.8) is 0 Å². The van der Waals surface area contributed by atoms with Crippen LogP contribution in [0.25, 0.3) is 16.3 Å². The smallest absolute Gasteiger partial charge is 0.116 e. The van der Waals surface area contributed by atoms with Crippen molar-refractivity contribution in [2.24, 2.45) is 11.3 Å². The fraction of sp³-hybridized carbons (Fsp3) is 0.471. The topological polar surface area (TPSA) is 6.48 Å². The maximum atomic E-state index is 4.80. The van der Waals surface area contributed by atoms with Crippen molar-refractivity contribution in [2.75, 3.05) is 16.8 Å². The lowest BCUT2D eigenvalue weighted by atomic mass is 9.67. The molecule has 2 aliphatic carbocycles. The molecule has 3 aromatic carbocycles. The van der Waals surface area contributed by atoms with Gasteiger partial charge in [0.25, 0.3) is 0 Å². The Balaban J connectivity index is 1.43. The summed E-state index contributed by atoms with van der Waals surface area (Å²) in [5.41, 5.74) is 10.2. The van der Waals surface area contributed by atoms with Gasteiger partial charge in [0.05, 0.1) is 17.1 Å². The lowest BCUT2D eigenvalue weighted by molar-refractivity contribution is 0.290. The fourth-order valence-electron chi connectivity index (χ4n) is 8.76. The minimum absolute atomic E-state index is 0.0241. The standard InChI is InChI=1S/C34H40N2/c1-6-9-12-24-15-25-17-27(24)29-20-31-32(19-28(25)29)36-30-18-23-14-11-10-13-22(23)16-26(30)21(4)34(7-2,8-3)33(36)35(31)5/h10-11,13-14,16,18-20,24-25,27,33H,4,6-9,12,15,17H2,1-3,5H3. The van der Waals surface area contributed by atoms with Crippen LogP contribution in [0.4, 0.5) is 17.1 Å². The summed E-state index contributed by atoms with van der Waals surface area (Å²) in [6, 6.07) is 18.9. The molecule has 2 aliphatic heterocycles. The van der Waals surface area contributed by atoms with Crippen molar-refractivity contribution in [2.45, 2.75) is 83.7 Å². The lowest BCUT2D eigenvalue weighted by Gasteiger charge is -2.51. The van der Waals surface area contributed by atoms with Crippen LogP contribution >= 0.6 is 0 Å². The first-order valence-electron chi connectivity index (χ1n) is 14.4. The summed E-state index contributed by atoms with van der Waals surface area (Å²) in [7, 11) is 2.34. The predicted octanol–water partition coefficient (Wildman–Crippen LogP) is 9.37. The Hall–Kier alpha value is -2.74. The van der Waals surface area contributed by atoms with Crippen LogP contribution in [-0.2, 0) is 0 Å². The summed E-state index contributed by atoms with van der Waals surface area (Å²) in [6.07, 6.45) is 9.36. The lowest BCUT2D eigenvalue weighted by Crippen LogP contribution is -2.54. The molecule has 186 valence electrons. The minimum Gasteiger partial charge on any atom is -0.351 e. The second-order valence-electron chi connectivity index (χ2n) is 12.1. The van der Waals surface area contributed by atoms with Crippen LogP contribution in [0.5, 0.6) is 0 Å². The Bertz CT molecular complexity index is 1380. The summed E-state index contributed by atoms with van der Waals surface area (Å²) in [6.45, 7) is 11.9. The molecule has 0 N–H and O–H groups in total. The molecule has 2 bridgehead atoms. The first kappa shape index (κ1) is 22.5. The summed E-state index contributed by atoms with van der Waals surface area (Å²) in [5, 5.41) is 2.63. The summed E-state index contributed by atoms with van der Waals surface area (Å²) >= 11 is 0. The first-order valence-corrected chi connectivity index (χ1v) is 14.4. The van der Waals surface area contributed by atoms with E-state index in [1.165, 1.54) is 71.1 Å². The van der Waals surface area contributed by atoms with Crippen LogP contribution in [0.15, 0.2) is 55.1 Å². The molecule has 2 heteroatoms. The molecule has 1 saturated carbocycles. The van der Waals surface area contributed by atoms with E-state index in [0.717, 1.165) is 30.6 Å². The normalized spacial score (nSPS) is 26.8. The number of unbranched alkanes of at least 4 members (excludes halogenated alkanes) is 1. The molecule has 2 heterocycles. The second kappa shape index (κ2) is 7.88. The predicted molar refractivity (Wildman–Crippen MR) is 154 cm³/mol. The van der Waals surface area contributed by atoms with Gasteiger partial charge in [-0.1, -0.05) is 64.5 Å². The Morgan fingerprint density at radius 2 is 1.61 bits per heavy atom. The molecule has 2 nitrogen and oxygen atoms in total. The molecular formula is C34H40N2. The summed E-state index contributed by atoms with van der Waals surface area (Å²) in [5.74, 6) is 2.44. The highest BCUT2D eigenvalue weighted by atomic mass is 15.4. The third-order valence-electron chi connectivity index (χ3n) is 10.7. The molecule has 7 rings (SSSR count). The number of fused-ring (bicyclic) bond motifs is 11. The van der Waals surface area contributed by atoms with Gasteiger partial charge in [0.2, 0.25) is 0 Å². The SMILES string of the molecule is C=C1c2cc3ccccc3cc2N2c3cc4c(cc3N(C)C2C1(CC)CC)C1CC4CC1CCCC. The first-order chi connectivity index (χ1) is 17.5. The molecule has 4 unspecified atom stereocenters. The largest absolute Gasteiger partial charge is 0.351 e. The van der Waals surface area contributed by atoms with Gasteiger partial charge in [-0.05, 0) is 102 Å². The number of nitrogens with zero attached hydrogens (tertiary/aromatic N) is 2. The van der Waals surface area contributed by atoms with E-state index in [2.05, 4.69) is 86.1 Å². The maximum absolute atomic E-state index is 4.80. The van der Waals surface area contributed by atoms with Crippen LogP contribution in [0.2, 0.25) is 0 Å². The summed E-state index contributed by atoms with van der Waals surface area (Å²) < 4.78 is 0. The van der Waals surface area contributed by atoms with E-state index in [0.29, 0.717) is 0 Å². The van der Waals surface area contributed by atoms with E-state index < -0.39 is 0 Å². The maximum Gasteiger partial charge on any atom is 0.116 e. The van der Waals surface area contributed by atoms with Crippen LogP contribution in [0, 0.1) is 11.3 Å². The van der Waals surface area contributed by atoms with Crippen molar-refractivity contribution < 1.29 is 0 Å². The van der Waals surface area contributed by atoms with Gasteiger partial charge in [0.15, 0.2) is 0 Å². The highest BCUT2D eigenvalue weighted by Gasteiger charge is 2.54. The Morgan fingerprint density at radius 1 is 0.889 bits per heavy atom. The molecule has 0 aromatic heterocycles. The number of hydrogen-bond acceptors (Lipinski definition) is 2. The van der Waals surface area contributed by atoms with Crippen LogP contribution in [-0.4, -0.2) is 13.2 Å². The van der Waals surface area contributed by atoms with E-state index in [1.54, 1.807) is 11.1 Å². The second-order valence-corrected chi connectivity index (χ2v) is 12.1. The van der Waals surface area contributed by atoms with Crippen molar-refractivity contribution in [1.29, 1.82) is 0 Å². The van der Waals surface area contributed by atoms with E-state index in [-0.39, 0.29) is 11.6 Å². The van der Waals surface area contributed by atoms with Crippen LogP contribution in [0.3, 0.4) is 0 Å². The Morgan fingerprint density at radius 3 is 2.33 bits per heavy atom. The minimum atomic E-state index is 0.0241. The van der Waals surface area contributed by atoms with E-state index >= 15 is 0 Å². The van der Waals surface area contributed by atoms with E-state index in [1.807, 2.05) is 0 Å². The molecular weight excluding hydrogens is 436 g/mol. The zero-order valence-electron chi connectivity index (χ0n) is 22.5. The average molecular weight is 477 g/mol. The molecule has 4 atom stereocenters. The molecule has 0 radical (unpaired) electrons. The van der Waals surface area contributed by atoms with Gasteiger partial charge < -0.3 is 9.80 Å². The van der Waals surface area contributed by atoms with Gasteiger partial charge in [-0.3, -0.25) is 0 Å². The average Bonchev–Trinajstić information content (AvgIpc) is 3.57. The van der Waals surface area contributed by atoms with Gasteiger partial charge >= 0.3 is 0 Å². The quantitative estimate of drug-likeness (QED) is 0.362. The van der Waals surface area contributed by atoms with E-state index in [4.69, 9.17) is 6.58 Å².